The summed E-state index contributed by atoms with van der Waals surface area (Å²) in [6, 6.07) is 9.90. The number of ketones is 1. The van der Waals surface area contributed by atoms with Crippen molar-refractivity contribution in [2.24, 2.45) is 11.8 Å². The van der Waals surface area contributed by atoms with E-state index in [1.165, 1.54) is 0 Å². The van der Waals surface area contributed by atoms with Gasteiger partial charge in [-0.05, 0) is 18.4 Å². The maximum Gasteiger partial charge on any atom is 0.140 e. The highest BCUT2D eigenvalue weighted by molar-refractivity contribution is 5.99. The van der Waals surface area contributed by atoms with E-state index in [4.69, 9.17) is 4.74 Å². The van der Waals surface area contributed by atoms with E-state index in [1.54, 1.807) is 0 Å². The highest BCUT2D eigenvalue weighted by Gasteiger charge is 2.55. The minimum absolute atomic E-state index is 0.126. The molecule has 17 heavy (non-hydrogen) atoms. The number of aliphatic hydroxyl groups excluding tert-OH is 1. The van der Waals surface area contributed by atoms with Crippen molar-refractivity contribution >= 4 is 5.78 Å². The first kappa shape index (κ1) is 10.9. The molecule has 0 spiro atoms. The molecule has 0 heterocycles. The number of benzene rings is 1. The maximum absolute atomic E-state index is 11.3. The van der Waals surface area contributed by atoms with Crippen molar-refractivity contribution in [3.05, 3.63) is 35.9 Å². The third kappa shape index (κ3) is 2.13. The lowest BCUT2D eigenvalue weighted by Gasteiger charge is -2.26. The van der Waals surface area contributed by atoms with Crippen LogP contribution in [0.1, 0.15) is 18.4 Å². The van der Waals surface area contributed by atoms with E-state index in [-0.39, 0.29) is 17.9 Å². The van der Waals surface area contributed by atoms with Crippen molar-refractivity contribution < 1.29 is 14.6 Å². The molecule has 0 aliphatic heterocycles. The Morgan fingerprint density at radius 2 is 1.88 bits per heavy atom. The Bertz CT molecular complexity index is 415. The lowest BCUT2D eigenvalue weighted by molar-refractivity contribution is -0.112. The van der Waals surface area contributed by atoms with Gasteiger partial charge in [0.2, 0.25) is 0 Å². The first-order valence-corrected chi connectivity index (χ1v) is 6.13. The molecule has 0 unspecified atom stereocenters. The van der Waals surface area contributed by atoms with Crippen molar-refractivity contribution in [1.82, 2.24) is 0 Å². The van der Waals surface area contributed by atoms with Gasteiger partial charge in [0.05, 0.1) is 18.8 Å². The first-order valence-electron chi connectivity index (χ1n) is 6.13. The molecule has 2 saturated carbocycles. The second-order valence-corrected chi connectivity index (χ2v) is 4.99. The van der Waals surface area contributed by atoms with Crippen LogP contribution in [0.4, 0.5) is 0 Å². The Labute approximate surface area is 100 Å². The smallest absolute Gasteiger partial charge is 0.140 e. The van der Waals surface area contributed by atoms with E-state index in [0.29, 0.717) is 25.2 Å². The lowest BCUT2D eigenvalue weighted by atomic mass is 9.95. The number of hydrogen-bond donors (Lipinski definition) is 1. The second kappa shape index (κ2) is 4.24. The summed E-state index contributed by atoms with van der Waals surface area (Å²) in [5, 5.41) is 9.88. The third-order valence-electron chi connectivity index (χ3n) is 3.83. The summed E-state index contributed by atoms with van der Waals surface area (Å²) in [5.41, 5.74) is 1.10. The molecule has 1 N–H and O–H groups in total. The monoisotopic (exact) mass is 232 g/mol. The number of Topliss-reactive ketones (excluding diaryl/α,β-unsaturated/α-hetero) is 1. The van der Waals surface area contributed by atoms with Gasteiger partial charge in [0.1, 0.15) is 5.78 Å². The molecule has 3 heteroatoms. The zero-order valence-corrected chi connectivity index (χ0v) is 9.58. The van der Waals surface area contributed by atoms with Gasteiger partial charge in [-0.3, -0.25) is 4.79 Å². The number of carbonyl (C=O) groups excluding carboxylic acids is 1. The SMILES string of the molecule is O=C1[C@H]2C[C@H](O)[C@H](OCc3ccccc3)C[C@@H]12. The van der Waals surface area contributed by atoms with Gasteiger partial charge in [-0.25, -0.2) is 0 Å². The zero-order valence-electron chi connectivity index (χ0n) is 9.58. The molecule has 0 aromatic heterocycles. The van der Waals surface area contributed by atoms with E-state index in [0.717, 1.165) is 5.56 Å². The standard InChI is InChI=1S/C14H16O3/c15-12-6-10-11(14(10)16)7-13(12)17-8-9-4-2-1-3-5-9/h1-5,10-13,15H,6-8H2/t10-,11+,12-,13+/m0/s1. The molecule has 0 radical (unpaired) electrons. The number of carbonyl (C=O) groups is 1. The number of fused-ring (bicyclic) bond motifs is 1. The fraction of sp³-hybridized carbons (Fsp3) is 0.500. The molecule has 2 fully saturated rings. The molecule has 0 amide bonds. The summed E-state index contributed by atoms with van der Waals surface area (Å²) in [7, 11) is 0. The largest absolute Gasteiger partial charge is 0.390 e. The van der Waals surface area contributed by atoms with Crippen LogP contribution >= 0.6 is 0 Å². The predicted octanol–water partition coefficient (Wildman–Crippen LogP) is 1.54. The number of hydrogen-bond acceptors (Lipinski definition) is 3. The van der Waals surface area contributed by atoms with E-state index in [1.807, 2.05) is 30.3 Å². The van der Waals surface area contributed by atoms with Crippen LogP contribution in [-0.4, -0.2) is 23.1 Å². The normalized spacial score (nSPS) is 35.5. The van der Waals surface area contributed by atoms with Gasteiger partial charge in [0, 0.05) is 11.8 Å². The molecule has 2 aliphatic rings. The van der Waals surface area contributed by atoms with Crippen molar-refractivity contribution in [2.45, 2.75) is 31.7 Å². The average molecular weight is 232 g/mol. The summed E-state index contributed by atoms with van der Waals surface area (Å²) in [6.07, 6.45) is 0.620. The molecule has 3 nitrogen and oxygen atoms in total. The van der Waals surface area contributed by atoms with Gasteiger partial charge < -0.3 is 9.84 Å². The van der Waals surface area contributed by atoms with Gasteiger partial charge >= 0.3 is 0 Å². The first-order chi connectivity index (χ1) is 8.25. The van der Waals surface area contributed by atoms with E-state index in [2.05, 4.69) is 0 Å². The fourth-order valence-electron chi connectivity index (χ4n) is 2.69. The van der Waals surface area contributed by atoms with Crippen molar-refractivity contribution in [3.63, 3.8) is 0 Å². The molecule has 0 saturated heterocycles. The summed E-state index contributed by atoms with van der Waals surface area (Å²) in [4.78, 5) is 11.3. The molecular weight excluding hydrogens is 216 g/mol. The topological polar surface area (TPSA) is 46.5 Å². The van der Waals surface area contributed by atoms with Gasteiger partial charge in [0.25, 0.3) is 0 Å². The van der Waals surface area contributed by atoms with Crippen LogP contribution in [0.15, 0.2) is 30.3 Å². The van der Waals surface area contributed by atoms with Crippen LogP contribution in [0.5, 0.6) is 0 Å². The minimum atomic E-state index is -0.480. The molecule has 90 valence electrons. The summed E-state index contributed by atoms with van der Waals surface area (Å²) < 4.78 is 5.72. The molecule has 1 aromatic carbocycles. The van der Waals surface area contributed by atoms with Crippen LogP contribution in [0.25, 0.3) is 0 Å². The zero-order chi connectivity index (χ0) is 11.8. The van der Waals surface area contributed by atoms with Gasteiger partial charge in [-0.15, -0.1) is 0 Å². The fourth-order valence-corrected chi connectivity index (χ4v) is 2.69. The molecule has 0 bridgehead atoms. The van der Waals surface area contributed by atoms with Crippen LogP contribution in [0.2, 0.25) is 0 Å². The Morgan fingerprint density at radius 1 is 1.18 bits per heavy atom. The van der Waals surface area contributed by atoms with Gasteiger partial charge in [-0.1, -0.05) is 30.3 Å². The van der Waals surface area contributed by atoms with Crippen LogP contribution in [0.3, 0.4) is 0 Å². The summed E-state index contributed by atoms with van der Waals surface area (Å²) in [6.45, 7) is 0.508. The molecular formula is C14H16O3. The van der Waals surface area contributed by atoms with Crippen LogP contribution in [-0.2, 0) is 16.1 Å². The number of aliphatic hydroxyl groups is 1. The summed E-state index contributed by atoms with van der Waals surface area (Å²) >= 11 is 0. The van der Waals surface area contributed by atoms with E-state index in [9.17, 15) is 9.90 Å². The predicted molar refractivity (Wildman–Crippen MR) is 62.2 cm³/mol. The van der Waals surface area contributed by atoms with E-state index < -0.39 is 6.10 Å². The van der Waals surface area contributed by atoms with Gasteiger partial charge in [-0.2, -0.15) is 0 Å². The van der Waals surface area contributed by atoms with Crippen LogP contribution < -0.4 is 0 Å². The quantitative estimate of drug-likeness (QED) is 0.860. The molecule has 1 aromatic rings. The molecule has 3 rings (SSSR count). The third-order valence-corrected chi connectivity index (χ3v) is 3.83. The Kier molecular flexibility index (Phi) is 2.73. The minimum Gasteiger partial charge on any atom is -0.390 e. The van der Waals surface area contributed by atoms with Crippen molar-refractivity contribution in [1.29, 1.82) is 0 Å². The van der Waals surface area contributed by atoms with E-state index >= 15 is 0 Å². The number of rotatable bonds is 3. The average Bonchev–Trinajstić information content (AvgIpc) is 2.97. The molecule has 2 aliphatic carbocycles. The Hall–Kier alpha value is -1.19. The summed E-state index contributed by atoms with van der Waals surface area (Å²) in [5.74, 6) is 0.607. The highest BCUT2D eigenvalue weighted by atomic mass is 16.5. The maximum atomic E-state index is 11.3. The van der Waals surface area contributed by atoms with Crippen LogP contribution in [0, 0.1) is 11.8 Å². The molecule has 4 atom stereocenters. The lowest BCUT2D eigenvalue weighted by Crippen LogP contribution is -2.33. The second-order valence-electron chi connectivity index (χ2n) is 4.99. The Morgan fingerprint density at radius 3 is 2.65 bits per heavy atom. The Balaban J connectivity index is 1.57. The van der Waals surface area contributed by atoms with Gasteiger partial charge in [0.15, 0.2) is 0 Å². The highest BCUT2D eigenvalue weighted by Crippen LogP contribution is 2.46. The number of ether oxygens (including phenoxy) is 1. The van der Waals surface area contributed by atoms with Crippen molar-refractivity contribution in [2.75, 3.05) is 0 Å². The van der Waals surface area contributed by atoms with Crippen molar-refractivity contribution in [3.8, 4) is 0 Å².